The van der Waals surface area contributed by atoms with Gasteiger partial charge in [-0.15, -0.1) is 0 Å². The highest BCUT2D eigenvalue weighted by molar-refractivity contribution is 5.92. The van der Waals surface area contributed by atoms with E-state index in [-0.39, 0.29) is 23.2 Å². The zero-order valence-electron chi connectivity index (χ0n) is 12.7. The first kappa shape index (κ1) is 15.1. The number of aromatic amines is 1. The number of nitrogens with zero attached hydrogens (tertiary/aromatic N) is 1. The second kappa shape index (κ2) is 6.51. The Labute approximate surface area is 132 Å². The molecular weight excluding hydrogens is 298 g/mol. The summed E-state index contributed by atoms with van der Waals surface area (Å²) in [6.07, 6.45) is 0.841. The molecule has 0 aliphatic carbocycles. The fourth-order valence-electron chi connectivity index (χ4n) is 2.27. The van der Waals surface area contributed by atoms with E-state index in [0.717, 1.165) is 12.0 Å². The van der Waals surface area contributed by atoms with Crippen molar-refractivity contribution in [2.75, 3.05) is 13.2 Å². The van der Waals surface area contributed by atoms with Crippen LogP contribution in [-0.2, 0) is 0 Å². The maximum atomic E-state index is 12.1. The molecule has 2 heterocycles. The van der Waals surface area contributed by atoms with Crippen LogP contribution in [0.2, 0.25) is 0 Å². The number of carbonyl (C=O) groups is 1. The molecule has 2 N–H and O–H groups in total. The van der Waals surface area contributed by atoms with E-state index >= 15 is 0 Å². The molecule has 1 aliphatic heterocycles. The first-order chi connectivity index (χ1) is 11.1. The van der Waals surface area contributed by atoms with Gasteiger partial charge in [0.1, 0.15) is 5.69 Å². The van der Waals surface area contributed by atoms with Crippen LogP contribution in [0, 0.1) is 0 Å². The van der Waals surface area contributed by atoms with Crippen LogP contribution in [-0.4, -0.2) is 29.3 Å². The minimum Gasteiger partial charge on any atom is -0.490 e. The Hall–Kier alpha value is -2.83. The van der Waals surface area contributed by atoms with Crippen LogP contribution in [0.5, 0.6) is 11.5 Å². The number of H-pyrrole nitrogens is 1. The molecule has 7 nitrogen and oxygen atoms in total. The molecule has 1 amide bonds. The van der Waals surface area contributed by atoms with Crippen molar-refractivity contribution in [3.05, 3.63) is 51.9 Å². The Morgan fingerprint density at radius 2 is 2.00 bits per heavy atom. The highest BCUT2D eigenvalue weighted by atomic mass is 16.5. The number of fused-ring (bicyclic) bond motifs is 1. The standard InChI is InChI=1S/C16H17N3O4/c1-10(17-16(21)12-4-6-15(20)19-18-12)11-3-5-13-14(9-11)23-8-2-7-22-13/h3-6,9-10H,2,7-8H2,1H3,(H,17,21)(H,19,20). The van der Waals surface area contributed by atoms with E-state index in [2.05, 4.69) is 15.5 Å². The summed E-state index contributed by atoms with van der Waals surface area (Å²) in [4.78, 5) is 23.1. The molecule has 120 valence electrons. The van der Waals surface area contributed by atoms with Crippen LogP contribution < -0.4 is 20.3 Å². The summed E-state index contributed by atoms with van der Waals surface area (Å²) < 4.78 is 11.2. The van der Waals surface area contributed by atoms with Gasteiger partial charge in [-0.3, -0.25) is 9.59 Å². The Bertz CT molecular complexity index is 752. The molecule has 0 saturated heterocycles. The summed E-state index contributed by atoms with van der Waals surface area (Å²) in [7, 11) is 0. The third-order valence-corrected chi connectivity index (χ3v) is 3.53. The smallest absolute Gasteiger partial charge is 0.272 e. The first-order valence-corrected chi connectivity index (χ1v) is 7.39. The molecule has 0 radical (unpaired) electrons. The highest BCUT2D eigenvalue weighted by Gasteiger charge is 2.16. The van der Waals surface area contributed by atoms with Gasteiger partial charge < -0.3 is 14.8 Å². The van der Waals surface area contributed by atoms with Crippen molar-refractivity contribution in [1.82, 2.24) is 15.5 Å². The van der Waals surface area contributed by atoms with Crippen molar-refractivity contribution in [1.29, 1.82) is 0 Å². The summed E-state index contributed by atoms with van der Waals surface area (Å²) in [6.45, 7) is 3.11. The Morgan fingerprint density at radius 1 is 1.22 bits per heavy atom. The van der Waals surface area contributed by atoms with Crippen molar-refractivity contribution < 1.29 is 14.3 Å². The van der Waals surface area contributed by atoms with Crippen LogP contribution in [0.3, 0.4) is 0 Å². The fourth-order valence-corrected chi connectivity index (χ4v) is 2.27. The molecule has 0 spiro atoms. The van der Waals surface area contributed by atoms with E-state index in [1.54, 1.807) is 0 Å². The average Bonchev–Trinajstić information content (AvgIpc) is 2.79. The van der Waals surface area contributed by atoms with Crippen molar-refractivity contribution >= 4 is 5.91 Å². The topological polar surface area (TPSA) is 93.3 Å². The number of hydrogen-bond donors (Lipinski definition) is 2. The van der Waals surface area contributed by atoms with Gasteiger partial charge >= 0.3 is 0 Å². The summed E-state index contributed by atoms with van der Waals surface area (Å²) in [6, 6.07) is 8.00. The Kier molecular flexibility index (Phi) is 4.27. The zero-order chi connectivity index (χ0) is 16.2. The van der Waals surface area contributed by atoms with E-state index < -0.39 is 0 Å². The SMILES string of the molecule is CC(NC(=O)c1ccc(=O)[nH]n1)c1ccc2c(c1)OCCCO2. The normalized spacial score (nSPS) is 14.7. The number of aromatic nitrogens is 2. The highest BCUT2D eigenvalue weighted by Crippen LogP contribution is 2.32. The summed E-state index contributed by atoms with van der Waals surface area (Å²) in [5.41, 5.74) is 0.704. The van der Waals surface area contributed by atoms with Gasteiger partial charge in [-0.25, -0.2) is 5.10 Å². The van der Waals surface area contributed by atoms with E-state index in [0.29, 0.717) is 24.7 Å². The second-order valence-electron chi connectivity index (χ2n) is 5.26. The lowest BCUT2D eigenvalue weighted by atomic mass is 10.1. The van der Waals surface area contributed by atoms with Crippen LogP contribution >= 0.6 is 0 Å². The number of rotatable bonds is 3. The Morgan fingerprint density at radius 3 is 2.74 bits per heavy atom. The molecule has 1 unspecified atom stereocenters. The molecule has 0 saturated carbocycles. The van der Waals surface area contributed by atoms with Crippen LogP contribution in [0.25, 0.3) is 0 Å². The molecule has 0 fully saturated rings. The quantitative estimate of drug-likeness (QED) is 0.893. The van der Waals surface area contributed by atoms with Crippen molar-refractivity contribution in [2.24, 2.45) is 0 Å². The largest absolute Gasteiger partial charge is 0.490 e. The van der Waals surface area contributed by atoms with E-state index in [1.807, 2.05) is 25.1 Å². The summed E-state index contributed by atoms with van der Waals surface area (Å²) >= 11 is 0. The number of nitrogens with one attached hydrogen (secondary N) is 2. The fraction of sp³-hybridized carbons (Fsp3) is 0.312. The van der Waals surface area contributed by atoms with Gasteiger partial charge in [0.15, 0.2) is 11.5 Å². The number of amides is 1. The van der Waals surface area contributed by atoms with Gasteiger partial charge in [0.25, 0.3) is 11.5 Å². The molecule has 23 heavy (non-hydrogen) atoms. The second-order valence-corrected chi connectivity index (χ2v) is 5.26. The molecule has 0 bridgehead atoms. The predicted octanol–water partition coefficient (Wildman–Crippen LogP) is 1.42. The van der Waals surface area contributed by atoms with Crippen molar-refractivity contribution in [3.63, 3.8) is 0 Å². The third kappa shape index (κ3) is 3.50. The molecule has 1 aromatic heterocycles. The van der Waals surface area contributed by atoms with Gasteiger partial charge in [-0.1, -0.05) is 6.07 Å². The van der Waals surface area contributed by atoms with Gasteiger partial charge in [0.2, 0.25) is 0 Å². The number of benzene rings is 1. The van der Waals surface area contributed by atoms with Gasteiger partial charge in [-0.2, -0.15) is 5.10 Å². The summed E-state index contributed by atoms with van der Waals surface area (Å²) in [5, 5.41) is 8.79. The molecule has 7 heteroatoms. The monoisotopic (exact) mass is 315 g/mol. The number of carbonyl (C=O) groups excluding carboxylic acids is 1. The lowest BCUT2D eigenvalue weighted by Gasteiger charge is -2.16. The lowest BCUT2D eigenvalue weighted by molar-refractivity contribution is 0.0933. The molecule has 1 aromatic carbocycles. The van der Waals surface area contributed by atoms with Gasteiger partial charge in [0.05, 0.1) is 19.3 Å². The van der Waals surface area contributed by atoms with E-state index in [1.165, 1.54) is 12.1 Å². The van der Waals surface area contributed by atoms with E-state index in [4.69, 9.17) is 9.47 Å². The van der Waals surface area contributed by atoms with Crippen molar-refractivity contribution in [2.45, 2.75) is 19.4 Å². The lowest BCUT2D eigenvalue weighted by Crippen LogP contribution is -2.28. The van der Waals surface area contributed by atoms with Gasteiger partial charge in [0, 0.05) is 12.5 Å². The van der Waals surface area contributed by atoms with Crippen molar-refractivity contribution in [3.8, 4) is 11.5 Å². The molecule has 1 atom stereocenters. The van der Waals surface area contributed by atoms with Crippen LogP contribution in [0.1, 0.15) is 35.4 Å². The number of hydrogen-bond acceptors (Lipinski definition) is 5. The zero-order valence-corrected chi connectivity index (χ0v) is 12.7. The molecule has 3 rings (SSSR count). The first-order valence-electron chi connectivity index (χ1n) is 7.39. The van der Waals surface area contributed by atoms with E-state index in [9.17, 15) is 9.59 Å². The average molecular weight is 315 g/mol. The Balaban J connectivity index is 1.74. The maximum absolute atomic E-state index is 12.1. The van der Waals surface area contributed by atoms with Gasteiger partial charge in [-0.05, 0) is 30.7 Å². The molecule has 2 aromatic rings. The van der Waals surface area contributed by atoms with Crippen LogP contribution in [0.15, 0.2) is 35.1 Å². The third-order valence-electron chi connectivity index (χ3n) is 3.53. The number of ether oxygens (including phenoxy) is 2. The minimum atomic E-state index is -0.360. The molecule has 1 aliphatic rings. The minimum absolute atomic E-state index is 0.158. The summed E-state index contributed by atoms with van der Waals surface area (Å²) in [5.74, 6) is 1.04. The predicted molar refractivity (Wildman–Crippen MR) is 82.8 cm³/mol. The van der Waals surface area contributed by atoms with Crippen LogP contribution in [0.4, 0.5) is 0 Å². The molecular formula is C16H17N3O4. The maximum Gasteiger partial charge on any atom is 0.272 e.